The van der Waals surface area contributed by atoms with E-state index in [0.29, 0.717) is 10.8 Å². The fraction of sp³-hybridized carbons (Fsp3) is 0.364. The van der Waals surface area contributed by atoms with E-state index in [1.165, 1.54) is 16.7 Å². The minimum absolute atomic E-state index is 0.0466. The summed E-state index contributed by atoms with van der Waals surface area (Å²) in [7, 11) is 0. The molecule has 2 aliphatic rings. The molecule has 0 bridgehead atoms. The van der Waals surface area contributed by atoms with E-state index >= 15 is 0 Å². The number of hydrogen-bond donors (Lipinski definition) is 0. The number of rotatable bonds is 2. The fourth-order valence-electron chi connectivity index (χ4n) is 3.95. The van der Waals surface area contributed by atoms with Gasteiger partial charge in [-0.1, -0.05) is 44.5 Å². The van der Waals surface area contributed by atoms with E-state index in [-0.39, 0.29) is 22.0 Å². The molecule has 0 unspecified atom stereocenters. The van der Waals surface area contributed by atoms with Crippen molar-refractivity contribution in [2.24, 2.45) is 0 Å². The third-order valence-electron chi connectivity index (χ3n) is 5.77. The minimum Gasteiger partial charge on any atom is -0.303 e. The quantitative estimate of drug-likeness (QED) is 0.637. The molecule has 7 heteroatoms. The number of thiocarbonyl (C=S) groups is 1. The maximum atomic E-state index is 13.5. The van der Waals surface area contributed by atoms with Crippen LogP contribution in [0.5, 0.6) is 0 Å². The Kier molecular flexibility index (Phi) is 4.64. The largest absolute Gasteiger partial charge is 0.303 e. The molecule has 5 nitrogen and oxygen atoms in total. The van der Waals surface area contributed by atoms with Crippen LogP contribution in [0.1, 0.15) is 51.3 Å². The standard InChI is InChI=1S/C22H21ClN4OS/c1-21(2,3)14-5-7-15(8-6-14)27-20(29)26(19(28)22(27)9-4-10-22)16-11-17(23)18(12-24)25-13-16/h5-8,11,13H,4,9-10H2,1-3H3. The van der Waals surface area contributed by atoms with Crippen LogP contribution in [-0.2, 0) is 10.2 Å². The molecule has 1 aromatic heterocycles. The van der Waals surface area contributed by atoms with Gasteiger partial charge in [-0.2, -0.15) is 5.26 Å². The van der Waals surface area contributed by atoms with Crippen molar-refractivity contribution in [1.29, 1.82) is 5.26 Å². The van der Waals surface area contributed by atoms with Crippen molar-refractivity contribution in [3.05, 3.63) is 52.8 Å². The molecule has 0 atom stereocenters. The van der Waals surface area contributed by atoms with Gasteiger partial charge in [0.15, 0.2) is 10.8 Å². The summed E-state index contributed by atoms with van der Waals surface area (Å²) in [5.74, 6) is -0.0591. The van der Waals surface area contributed by atoms with Gasteiger partial charge in [0, 0.05) is 5.69 Å². The predicted octanol–water partition coefficient (Wildman–Crippen LogP) is 4.96. The molecule has 2 fully saturated rings. The molecule has 1 aliphatic heterocycles. The number of hydrogen-bond acceptors (Lipinski definition) is 4. The highest BCUT2D eigenvalue weighted by atomic mass is 35.5. The summed E-state index contributed by atoms with van der Waals surface area (Å²) in [5.41, 5.74) is 2.14. The van der Waals surface area contributed by atoms with E-state index in [1.807, 2.05) is 23.1 Å². The molecule has 1 aromatic carbocycles. The summed E-state index contributed by atoms with van der Waals surface area (Å²) in [6.07, 6.45) is 3.96. The lowest BCUT2D eigenvalue weighted by molar-refractivity contribution is -0.123. The lowest BCUT2D eigenvalue weighted by Crippen LogP contribution is -2.55. The minimum atomic E-state index is -0.652. The fourth-order valence-corrected chi connectivity index (χ4v) is 4.62. The van der Waals surface area contributed by atoms with Crippen LogP contribution in [0.4, 0.5) is 11.4 Å². The normalized spacial score (nSPS) is 18.2. The number of aromatic nitrogens is 1. The molecule has 1 amide bonds. The number of pyridine rings is 1. The van der Waals surface area contributed by atoms with E-state index in [9.17, 15) is 4.79 Å². The van der Waals surface area contributed by atoms with Gasteiger partial charge in [-0.25, -0.2) is 4.98 Å². The summed E-state index contributed by atoms with van der Waals surface area (Å²) in [4.78, 5) is 21.0. The first-order chi connectivity index (χ1) is 13.7. The Morgan fingerprint density at radius 3 is 2.34 bits per heavy atom. The van der Waals surface area contributed by atoms with Gasteiger partial charge in [0.25, 0.3) is 5.91 Å². The number of anilines is 2. The third-order valence-corrected chi connectivity index (χ3v) is 6.43. The van der Waals surface area contributed by atoms with Gasteiger partial charge in [-0.3, -0.25) is 9.69 Å². The molecule has 148 valence electrons. The van der Waals surface area contributed by atoms with Crippen molar-refractivity contribution >= 4 is 46.2 Å². The molecule has 1 saturated carbocycles. The van der Waals surface area contributed by atoms with Gasteiger partial charge in [0.2, 0.25) is 0 Å². The van der Waals surface area contributed by atoms with E-state index in [4.69, 9.17) is 29.1 Å². The average molecular weight is 425 g/mol. The van der Waals surface area contributed by atoms with E-state index in [1.54, 1.807) is 6.07 Å². The van der Waals surface area contributed by atoms with Crippen LogP contribution in [0, 0.1) is 11.3 Å². The SMILES string of the molecule is CC(C)(C)c1ccc(N2C(=S)N(c3cnc(C#N)c(Cl)c3)C(=O)C23CCC3)cc1. The number of benzene rings is 1. The van der Waals surface area contributed by atoms with E-state index < -0.39 is 5.54 Å². The van der Waals surface area contributed by atoms with Gasteiger partial charge in [-0.05, 0) is 60.7 Å². The highest BCUT2D eigenvalue weighted by Gasteiger charge is 2.59. The summed E-state index contributed by atoms with van der Waals surface area (Å²) < 4.78 is 0. The zero-order valence-corrected chi connectivity index (χ0v) is 18.1. The predicted molar refractivity (Wildman–Crippen MR) is 118 cm³/mol. The maximum Gasteiger partial charge on any atom is 0.259 e. The summed E-state index contributed by atoms with van der Waals surface area (Å²) in [5, 5.41) is 9.69. The third kappa shape index (κ3) is 3.00. The molecule has 4 rings (SSSR count). The second-order valence-corrected chi connectivity index (χ2v) is 9.35. The number of nitrogens with zero attached hydrogens (tertiary/aromatic N) is 4. The van der Waals surface area contributed by atoms with Crippen LogP contribution in [0.15, 0.2) is 36.5 Å². The van der Waals surface area contributed by atoms with Crippen molar-refractivity contribution in [2.75, 3.05) is 9.80 Å². The second-order valence-electron chi connectivity index (χ2n) is 8.58. The molecule has 2 aromatic rings. The van der Waals surface area contributed by atoms with E-state index in [2.05, 4.69) is 37.9 Å². The highest BCUT2D eigenvalue weighted by Crippen LogP contribution is 2.48. The molecule has 0 radical (unpaired) electrons. The van der Waals surface area contributed by atoms with Crippen LogP contribution in [0.3, 0.4) is 0 Å². The molecule has 29 heavy (non-hydrogen) atoms. The van der Waals surface area contributed by atoms with Crippen molar-refractivity contribution in [3.63, 3.8) is 0 Å². The van der Waals surface area contributed by atoms with Crippen LogP contribution in [0.2, 0.25) is 5.02 Å². The lowest BCUT2D eigenvalue weighted by Gasteiger charge is -2.43. The maximum absolute atomic E-state index is 13.5. The average Bonchev–Trinajstić information content (AvgIpc) is 2.88. The lowest BCUT2D eigenvalue weighted by atomic mass is 9.75. The Labute approximate surface area is 180 Å². The topological polar surface area (TPSA) is 60.2 Å². The highest BCUT2D eigenvalue weighted by molar-refractivity contribution is 7.81. The number of amides is 1. The molecule has 1 aliphatic carbocycles. The van der Waals surface area contributed by atoms with Crippen LogP contribution in [-0.4, -0.2) is 21.5 Å². The monoisotopic (exact) mass is 424 g/mol. The Hall–Kier alpha value is -2.49. The zero-order chi connectivity index (χ0) is 21.0. The first-order valence-electron chi connectivity index (χ1n) is 9.54. The van der Waals surface area contributed by atoms with Crippen molar-refractivity contribution < 1.29 is 4.79 Å². The van der Waals surface area contributed by atoms with Gasteiger partial charge in [-0.15, -0.1) is 0 Å². The Balaban J connectivity index is 1.76. The molecular weight excluding hydrogens is 404 g/mol. The van der Waals surface area contributed by atoms with Gasteiger partial charge >= 0.3 is 0 Å². The van der Waals surface area contributed by atoms with Gasteiger partial charge in [0.05, 0.1) is 16.9 Å². The zero-order valence-electron chi connectivity index (χ0n) is 16.6. The number of nitriles is 1. The van der Waals surface area contributed by atoms with Gasteiger partial charge < -0.3 is 4.90 Å². The van der Waals surface area contributed by atoms with E-state index in [0.717, 1.165) is 24.9 Å². The van der Waals surface area contributed by atoms with Crippen LogP contribution < -0.4 is 9.80 Å². The molecule has 0 N–H and O–H groups in total. The first-order valence-corrected chi connectivity index (χ1v) is 10.3. The molecule has 2 heterocycles. The first kappa shape index (κ1) is 19.8. The van der Waals surface area contributed by atoms with Gasteiger partial charge in [0.1, 0.15) is 11.6 Å². The number of carbonyl (C=O) groups excluding carboxylic acids is 1. The summed E-state index contributed by atoms with van der Waals surface area (Å²) in [6, 6.07) is 11.8. The Bertz CT molecular complexity index is 1050. The van der Waals surface area contributed by atoms with Crippen molar-refractivity contribution in [2.45, 2.75) is 51.0 Å². The summed E-state index contributed by atoms with van der Waals surface area (Å²) in [6.45, 7) is 6.51. The Morgan fingerprint density at radius 2 is 1.86 bits per heavy atom. The van der Waals surface area contributed by atoms with Crippen LogP contribution >= 0.6 is 23.8 Å². The van der Waals surface area contributed by atoms with Crippen LogP contribution in [0.25, 0.3) is 0 Å². The number of halogens is 1. The molecule has 1 saturated heterocycles. The molecular formula is C22H21ClN4OS. The van der Waals surface area contributed by atoms with Crippen molar-refractivity contribution in [3.8, 4) is 6.07 Å². The Morgan fingerprint density at radius 1 is 1.21 bits per heavy atom. The second kappa shape index (κ2) is 6.79. The molecule has 1 spiro atoms. The number of carbonyl (C=O) groups is 1. The smallest absolute Gasteiger partial charge is 0.259 e. The summed E-state index contributed by atoms with van der Waals surface area (Å²) >= 11 is 11.9. The van der Waals surface area contributed by atoms with Crippen molar-refractivity contribution in [1.82, 2.24) is 4.98 Å².